The van der Waals surface area contributed by atoms with Gasteiger partial charge in [0.15, 0.2) is 9.84 Å². The molecule has 1 saturated heterocycles. The number of nitrogens with one attached hydrogen (secondary N) is 1. The molecule has 1 aromatic carbocycles. The number of carbonyl (C=O) groups excluding carboxylic acids is 1. The number of ether oxygens (including phenoxy) is 1. The second-order valence-electron chi connectivity index (χ2n) is 5.85. The fraction of sp³-hybridized carbons (Fsp3) is 0.562. The minimum atomic E-state index is -3.19. The fourth-order valence-corrected chi connectivity index (χ4v) is 3.28. The van der Waals surface area contributed by atoms with Crippen LogP contribution in [0.2, 0.25) is 0 Å². The lowest BCUT2D eigenvalue weighted by molar-refractivity contribution is 0.0906. The summed E-state index contributed by atoms with van der Waals surface area (Å²) in [7, 11) is -1.48. The molecule has 1 N–H and O–H groups in total. The van der Waals surface area contributed by atoms with Crippen LogP contribution in [0.15, 0.2) is 29.2 Å². The van der Waals surface area contributed by atoms with E-state index < -0.39 is 9.84 Å². The van der Waals surface area contributed by atoms with E-state index in [2.05, 4.69) is 5.32 Å². The molecule has 128 valence electrons. The number of carbonyl (C=O) groups is 1. The normalized spacial score (nSPS) is 19.2. The second-order valence-corrected chi connectivity index (χ2v) is 7.87. The number of hydrogen-bond donors (Lipinski definition) is 1. The van der Waals surface area contributed by atoms with Gasteiger partial charge in [0.25, 0.3) is 0 Å². The molecule has 1 unspecified atom stereocenters. The van der Waals surface area contributed by atoms with Gasteiger partial charge in [-0.3, -0.25) is 0 Å². The average molecular weight is 340 g/mol. The van der Waals surface area contributed by atoms with Gasteiger partial charge >= 0.3 is 6.03 Å². The predicted octanol–water partition coefficient (Wildman–Crippen LogP) is 1.80. The molecule has 23 heavy (non-hydrogen) atoms. The van der Waals surface area contributed by atoms with E-state index in [1.54, 1.807) is 31.4 Å². The highest BCUT2D eigenvalue weighted by Gasteiger charge is 2.20. The van der Waals surface area contributed by atoms with Crippen LogP contribution in [0.3, 0.4) is 0 Å². The number of urea groups is 1. The molecule has 0 spiro atoms. The zero-order valence-electron chi connectivity index (χ0n) is 13.6. The van der Waals surface area contributed by atoms with Crippen LogP contribution < -0.4 is 5.32 Å². The molecule has 2 rings (SSSR count). The van der Waals surface area contributed by atoms with E-state index in [1.165, 1.54) is 6.26 Å². The summed E-state index contributed by atoms with van der Waals surface area (Å²) in [6.45, 7) is 1.81. The van der Waals surface area contributed by atoms with Gasteiger partial charge in [-0.1, -0.05) is 12.1 Å². The number of nitrogens with zero attached hydrogens (tertiary/aromatic N) is 1. The number of sulfone groups is 1. The van der Waals surface area contributed by atoms with Crippen molar-refractivity contribution in [1.82, 2.24) is 10.2 Å². The number of likely N-dealkylation sites (tertiary alicyclic amines) is 1. The van der Waals surface area contributed by atoms with Crippen LogP contribution >= 0.6 is 0 Å². The molecule has 1 atom stereocenters. The molecular weight excluding hydrogens is 316 g/mol. The zero-order valence-corrected chi connectivity index (χ0v) is 14.4. The third kappa shape index (κ3) is 5.21. The van der Waals surface area contributed by atoms with Gasteiger partial charge in [0, 0.05) is 33.0 Å². The third-order valence-corrected chi connectivity index (χ3v) is 5.22. The molecule has 0 saturated carbocycles. The highest BCUT2D eigenvalue weighted by atomic mass is 32.2. The number of hydrogen-bond acceptors (Lipinski definition) is 4. The van der Waals surface area contributed by atoms with Gasteiger partial charge in [0.05, 0.1) is 11.0 Å². The van der Waals surface area contributed by atoms with Crippen molar-refractivity contribution in [2.45, 2.75) is 36.8 Å². The first-order valence-electron chi connectivity index (χ1n) is 7.74. The molecule has 1 aromatic rings. The Hall–Kier alpha value is -1.60. The lowest BCUT2D eigenvalue weighted by Gasteiger charge is -2.21. The van der Waals surface area contributed by atoms with Gasteiger partial charge in [-0.2, -0.15) is 0 Å². The first-order valence-corrected chi connectivity index (χ1v) is 9.64. The summed E-state index contributed by atoms with van der Waals surface area (Å²) >= 11 is 0. The fourth-order valence-electron chi connectivity index (χ4n) is 2.65. The minimum Gasteiger partial charge on any atom is -0.381 e. The van der Waals surface area contributed by atoms with Crippen LogP contribution in [-0.2, 0) is 21.1 Å². The Labute approximate surface area is 137 Å². The maximum atomic E-state index is 12.2. The van der Waals surface area contributed by atoms with E-state index in [9.17, 15) is 13.2 Å². The van der Waals surface area contributed by atoms with Crippen molar-refractivity contribution in [3.8, 4) is 0 Å². The van der Waals surface area contributed by atoms with Crippen molar-refractivity contribution in [2.75, 3.05) is 26.5 Å². The van der Waals surface area contributed by atoms with E-state index in [0.29, 0.717) is 13.1 Å². The Bertz CT molecular complexity index is 628. The third-order valence-electron chi connectivity index (χ3n) is 4.09. The second kappa shape index (κ2) is 7.79. The van der Waals surface area contributed by atoms with Gasteiger partial charge in [-0.15, -0.1) is 0 Å². The molecule has 0 aromatic heterocycles. The van der Waals surface area contributed by atoms with Crippen molar-refractivity contribution in [3.05, 3.63) is 29.8 Å². The predicted molar refractivity (Wildman–Crippen MR) is 88.0 cm³/mol. The number of amides is 2. The van der Waals surface area contributed by atoms with Gasteiger partial charge < -0.3 is 15.0 Å². The molecule has 7 heteroatoms. The summed E-state index contributed by atoms with van der Waals surface area (Å²) in [5.41, 5.74) is 0.871. The zero-order chi connectivity index (χ0) is 16.9. The molecule has 2 amide bonds. The van der Waals surface area contributed by atoms with Crippen molar-refractivity contribution in [3.63, 3.8) is 0 Å². The SMILES string of the molecule is COC1CCCN(C(=O)NCc2ccc(S(C)(=O)=O)cc2)CC1. The van der Waals surface area contributed by atoms with E-state index in [0.717, 1.165) is 31.4 Å². The Morgan fingerprint density at radius 1 is 1.26 bits per heavy atom. The van der Waals surface area contributed by atoms with Gasteiger partial charge in [0.2, 0.25) is 0 Å². The molecule has 0 bridgehead atoms. The molecule has 6 nitrogen and oxygen atoms in total. The molecule has 1 aliphatic rings. The van der Waals surface area contributed by atoms with Crippen molar-refractivity contribution in [1.29, 1.82) is 0 Å². The average Bonchev–Trinajstić information content (AvgIpc) is 2.77. The quantitative estimate of drug-likeness (QED) is 0.907. The summed E-state index contributed by atoms with van der Waals surface area (Å²) in [5, 5.41) is 2.88. The van der Waals surface area contributed by atoms with E-state index in [1.807, 2.05) is 4.90 Å². The van der Waals surface area contributed by atoms with Gasteiger partial charge in [-0.25, -0.2) is 13.2 Å². The molecule has 1 fully saturated rings. The smallest absolute Gasteiger partial charge is 0.317 e. The topological polar surface area (TPSA) is 75.7 Å². The summed E-state index contributed by atoms with van der Waals surface area (Å²) in [6.07, 6.45) is 4.18. The molecule has 1 aliphatic heterocycles. The summed E-state index contributed by atoms with van der Waals surface area (Å²) in [4.78, 5) is 14.3. The lowest BCUT2D eigenvalue weighted by Crippen LogP contribution is -2.40. The van der Waals surface area contributed by atoms with Crippen molar-refractivity contribution >= 4 is 15.9 Å². The van der Waals surface area contributed by atoms with E-state index in [-0.39, 0.29) is 17.0 Å². The monoisotopic (exact) mass is 340 g/mol. The summed E-state index contributed by atoms with van der Waals surface area (Å²) < 4.78 is 28.2. The molecule has 1 heterocycles. The van der Waals surface area contributed by atoms with Crippen LogP contribution in [-0.4, -0.2) is 51.9 Å². The lowest BCUT2D eigenvalue weighted by atomic mass is 10.2. The van der Waals surface area contributed by atoms with Crippen LogP contribution in [0.1, 0.15) is 24.8 Å². The van der Waals surface area contributed by atoms with Crippen LogP contribution in [0.5, 0.6) is 0 Å². The van der Waals surface area contributed by atoms with Crippen LogP contribution in [0.25, 0.3) is 0 Å². The Balaban J connectivity index is 1.86. The Morgan fingerprint density at radius 2 is 1.96 bits per heavy atom. The van der Waals surface area contributed by atoms with E-state index in [4.69, 9.17) is 4.74 Å². The summed E-state index contributed by atoms with van der Waals surface area (Å²) in [6, 6.07) is 6.48. The first kappa shape index (κ1) is 17.7. The van der Waals surface area contributed by atoms with Gasteiger partial charge in [0.1, 0.15) is 0 Å². The standard InChI is InChI=1S/C16H24N2O4S/c1-22-14-4-3-10-18(11-9-14)16(19)17-12-13-5-7-15(8-6-13)23(2,20)21/h5-8,14H,3-4,9-12H2,1-2H3,(H,17,19). The van der Waals surface area contributed by atoms with E-state index >= 15 is 0 Å². The van der Waals surface area contributed by atoms with Crippen molar-refractivity contribution < 1.29 is 17.9 Å². The highest BCUT2D eigenvalue weighted by Crippen LogP contribution is 2.14. The Morgan fingerprint density at radius 3 is 2.57 bits per heavy atom. The number of benzene rings is 1. The first-order chi connectivity index (χ1) is 10.9. The maximum absolute atomic E-state index is 12.2. The summed E-state index contributed by atoms with van der Waals surface area (Å²) in [5.74, 6) is 0. The largest absolute Gasteiger partial charge is 0.381 e. The minimum absolute atomic E-state index is 0.0889. The van der Waals surface area contributed by atoms with Crippen LogP contribution in [0, 0.1) is 0 Å². The Kier molecular flexibility index (Phi) is 6.01. The number of methoxy groups -OCH3 is 1. The number of rotatable bonds is 4. The molecular formula is C16H24N2O4S. The highest BCUT2D eigenvalue weighted by molar-refractivity contribution is 7.90. The maximum Gasteiger partial charge on any atom is 0.317 e. The van der Waals surface area contributed by atoms with Crippen LogP contribution in [0.4, 0.5) is 4.79 Å². The van der Waals surface area contributed by atoms with Gasteiger partial charge in [-0.05, 0) is 37.0 Å². The molecule has 0 aliphatic carbocycles. The van der Waals surface area contributed by atoms with Crippen molar-refractivity contribution in [2.24, 2.45) is 0 Å². The molecule has 0 radical (unpaired) electrons.